The maximum Gasteiger partial charge on any atom is 0.361 e. The lowest BCUT2D eigenvalue weighted by Gasteiger charge is -2.25. The third-order valence-corrected chi connectivity index (χ3v) is 14.6. The van der Waals surface area contributed by atoms with Gasteiger partial charge in [-0.1, -0.05) is 288 Å². The van der Waals surface area contributed by atoms with E-state index >= 15 is 0 Å². The smallest absolute Gasteiger partial charge is 0.361 e. The van der Waals surface area contributed by atoms with Gasteiger partial charge in [0.15, 0.2) is 6.10 Å². The summed E-state index contributed by atoms with van der Waals surface area (Å²) in [5, 5.41) is 9.72. The maximum atomic E-state index is 12.9. The summed E-state index contributed by atoms with van der Waals surface area (Å²) in [7, 11) is 5.98. The highest BCUT2D eigenvalue weighted by Crippen LogP contribution is 2.18. The minimum Gasteiger partial charge on any atom is -0.477 e. The van der Waals surface area contributed by atoms with Gasteiger partial charge in [-0.2, -0.15) is 0 Å². The number of carbonyl (C=O) groups is 3. The second-order valence-corrected chi connectivity index (χ2v) is 23.4. The summed E-state index contributed by atoms with van der Waals surface area (Å²) < 4.78 is 23.0. The number of hydrogen-bond acceptors (Lipinski definition) is 7. The Morgan fingerprint density at radius 3 is 1.05 bits per heavy atom. The molecule has 0 aliphatic rings. The van der Waals surface area contributed by atoms with Crippen LogP contribution < -0.4 is 0 Å². The minimum absolute atomic E-state index is 0.176. The van der Waals surface area contributed by atoms with Crippen LogP contribution >= 0.6 is 0 Å². The van der Waals surface area contributed by atoms with Crippen molar-refractivity contribution in [1.82, 2.24) is 0 Å². The molecule has 0 aromatic carbocycles. The molecule has 0 aromatic heterocycles. The van der Waals surface area contributed by atoms with Crippen LogP contribution in [0.1, 0.15) is 316 Å². The molecule has 76 heavy (non-hydrogen) atoms. The van der Waals surface area contributed by atoms with E-state index in [1.165, 1.54) is 238 Å². The molecule has 2 atom stereocenters. The number of allylic oxidation sites excluding steroid dienone is 6. The molecule has 0 aliphatic carbocycles. The Morgan fingerprint density at radius 2 is 0.711 bits per heavy atom. The number of carbonyl (C=O) groups excluding carboxylic acids is 2. The van der Waals surface area contributed by atoms with E-state index in [1.54, 1.807) is 0 Å². The summed E-state index contributed by atoms with van der Waals surface area (Å²) >= 11 is 0. The quantitative estimate of drug-likeness (QED) is 0.0211. The molecule has 0 radical (unpaired) electrons. The van der Waals surface area contributed by atoms with E-state index in [2.05, 4.69) is 50.3 Å². The van der Waals surface area contributed by atoms with E-state index in [-0.39, 0.29) is 38.2 Å². The zero-order chi connectivity index (χ0) is 55.5. The molecule has 0 aromatic rings. The van der Waals surface area contributed by atoms with Gasteiger partial charge in [-0.15, -0.1) is 0 Å². The average Bonchev–Trinajstić information content (AvgIpc) is 3.39. The Hall–Kier alpha value is -2.49. The van der Waals surface area contributed by atoms with E-state index in [0.29, 0.717) is 17.4 Å². The molecule has 2 unspecified atom stereocenters. The molecular weight excluding hydrogens is 947 g/mol. The van der Waals surface area contributed by atoms with Gasteiger partial charge in [-0.25, -0.2) is 4.79 Å². The summed E-state index contributed by atoms with van der Waals surface area (Å²) in [6.07, 6.45) is 69.5. The first-order valence-corrected chi connectivity index (χ1v) is 32.7. The summed E-state index contributed by atoms with van der Waals surface area (Å²) in [6, 6.07) is 0. The summed E-state index contributed by atoms with van der Waals surface area (Å²) in [6.45, 7) is 4.92. The third kappa shape index (κ3) is 59.2. The van der Waals surface area contributed by atoms with Crippen molar-refractivity contribution in [1.29, 1.82) is 0 Å². The van der Waals surface area contributed by atoms with Crippen molar-refractivity contribution in [2.45, 2.75) is 328 Å². The normalized spacial score (nSPS) is 12.9. The van der Waals surface area contributed by atoms with Gasteiger partial charge in [0.05, 0.1) is 34.4 Å². The van der Waals surface area contributed by atoms with E-state index in [4.69, 9.17) is 18.9 Å². The molecule has 9 nitrogen and oxygen atoms in total. The topological polar surface area (TPSA) is 108 Å². The van der Waals surface area contributed by atoms with Gasteiger partial charge in [0.2, 0.25) is 0 Å². The lowest BCUT2D eigenvalue weighted by molar-refractivity contribution is -0.870. The predicted molar refractivity (Wildman–Crippen MR) is 323 cm³/mol. The highest BCUT2D eigenvalue weighted by Gasteiger charge is 2.25. The Morgan fingerprint density at radius 1 is 0.395 bits per heavy atom. The van der Waals surface area contributed by atoms with Crippen LogP contribution in [0.25, 0.3) is 0 Å². The maximum absolute atomic E-state index is 12.9. The zero-order valence-electron chi connectivity index (χ0n) is 50.9. The van der Waals surface area contributed by atoms with E-state index in [0.717, 1.165) is 51.4 Å². The van der Waals surface area contributed by atoms with Gasteiger partial charge < -0.3 is 28.5 Å². The fourth-order valence-corrected chi connectivity index (χ4v) is 9.61. The van der Waals surface area contributed by atoms with Crippen LogP contribution in [0.15, 0.2) is 36.5 Å². The molecule has 0 fully saturated rings. The first-order chi connectivity index (χ1) is 37.1. The van der Waals surface area contributed by atoms with Crippen molar-refractivity contribution < 1.29 is 42.9 Å². The number of quaternary nitrogens is 1. The molecule has 0 aliphatic heterocycles. The second kappa shape index (κ2) is 58.7. The molecule has 0 amide bonds. The number of likely N-dealkylation sites (N-methyl/N-ethyl adjacent to an activating group) is 1. The lowest BCUT2D eigenvalue weighted by atomic mass is 10.0. The molecule has 9 heteroatoms. The predicted octanol–water partition coefficient (Wildman–Crippen LogP) is 19.6. The van der Waals surface area contributed by atoms with E-state index in [9.17, 15) is 19.5 Å². The number of carboxylic acid groups (broad SMARTS) is 1. The Balaban J connectivity index is 4.11. The third-order valence-electron chi connectivity index (χ3n) is 14.6. The highest BCUT2D eigenvalue weighted by atomic mass is 16.7. The first kappa shape index (κ1) is 73.5. The van der Waals surface area contributed by atoms with Gasteiger partial charge in [0, 0.05) is 12.8 Å². The van der Waals surface area contributed by atoms with Crippen molar-refractivity contribution in [2.24, 2.45) is 0 Å². The first-order valence-electron chi connectivity index (χ1n) is 32.7. The summed E-state index contributed by atoms with van der Waals surface area (Å²) in [5.41, 5.74) is 0. The largest absolute Gasteiger partial charge is 0.477 e. The number of ether oxygens (including phenoxy) is 4. The second-order valence-electron chi connectivity index (χ2n) is 23.4. The van der Waals surface area contributed by atoms with E-state index in [1.807, 2.05) is 21.1 Å². The van der Waals surface area contributed by atoms with Gasteiger partial charge in [-0.3, -0.25) is 9.59 Å². The van der Waals surface area contributed by atoms with Crippen LogP contribution in [0.4, 0.5) is 0 Å². The molecule has 0 saturated heterocycles. The number of hydrogen-bond donors (Lipinski definition) is 1. The molecule has 0 bridgehead atoms. The lowest BCUT2D eigenvalue weighted by Crippen LogP contribution is -2.40. The number of unbranched alkanes of at least 4 members (excludes halogenated alkanes) is 40. The van der Waals surface area contributed by atoms with Crippen LogP contribution in [0.5, 0.6) is 0 Å². The number of nitrogens with zero attached hydrogens (tertiary/aromatic N) is 1. The van der Waals surface area contributed by atoms with E-state index < -0.39 is 18.4 Å². The molecular formula is C67H126NO8+. The van der Waals surface area contributed by atoms with Gasteiger partial charge in [0.1, 0.15) is 13.2 Å². The van der Waals surface area contributed by atoms with Crippen LogP contribution in [0.3, 0.4) is 0 Å². The van der Waals surface area contributed by atoms with Gasteiger partial charge >= 0.3 is 17.9 Å². The van der Waals surface area contributed by atoms with Crippen molar-refractivity contribution in [3.05, 3.63) is 36.5 Å². The fourth-order valence-electron chi connectivity index (χ4n) is 9.61. The number of carboxylic acids is 1. The van der Waals surface area contributed by atoms with Crippen molar-refractivity contribution >= 4 is 17.9 Å². The average molecular weight is 1070 g/mol. The fraction of sp³-hybridized carbons (Fsp3) is 0.866. The summed E-state index contributed by atoms with van der Waals surface area (Å²) in [4.78, 5) is 37.5. The van der Waals surface area contributed by atoms with Crippen LogP contribution in [-0.4, -0.2) is 87.4 Å². The molecule has 0 rings (SSSR count). The van der Waals surface area contributed by atoms with Crippen LogP contribution in [0.2, 0.25) is 0 Å². The standard InChI is InChI=1S/C67H125NO8/c1-6-8-10-12-14-16-18-20-22-24-26-28-29-30-31-32-33-34-35-36-37-38-40-42-44-46-48-50-52-54-56-58-65(70)76-63(62-75-67(66(71)72)73-60-59-68(3,4)5)61-74-64(69)57-55-53-51-49-47-45-43-41-39-27-25-23-21-19-17-15-13-11-9-7-2/h18,20,24,26,29-30,63,67H,6-17,19,21-23,25,27-28,31-62H2,1-5H3/p+1/b20-18-,26-24-,30-29-. The van der Waals surface area contributed by atoms with Gasteiger partial charge in [-0.05, 0) is 51.4 Å². The number of aliphatic carboxylic acids is 1. The number of esters is 2. The molecule has 0 saturated carbocycles. The minimum atomic E-state index is -1.51. The van der Waals surface area contributed by atoms with Crippen LogP contribution in [-0.2, 0) is 33.3 Å². The SMILES string of the molecule is CCCCCCC/C=C\C/C=C\C/C=C\CCCCCCCCCCCCCCCCCCC(=O)OC(COC(=O)CCCCCCCCCCCCCCCCCCCCCC)COC(OCC[N+](C)(C)C)C(=O)O. The zero-order valence-corrected chi connectivity index (χ0v) is 50.9. The Bertz CT molecular complexity index is 1340. The highest BCUT2D eigenvalue weighted by molar-refractivity contribution is 5.71. The molecule has 0 heterocycles. The van der Waals surface area contributed by atoms with Crippen molar-refractivity contribution in [3.63, 3.8) is 0 Å². The van der Waals surface area contributed by atoms with Crippen LogP contribution in [0, 0.1) is 0 Å². The van der Waals surface area contributed by atoms with Crippen molar-refractivity contribution in [2.75, 3.05) is 47.5 Å². The molecule has 0 spiro atoms. The van der Waals surface area contributed by atoms with Gasteiger partial charge in [0.25, 0.3) is 6.29 Å². The monoisotopic (exact) mass is 1070 g/mol. The molecule has 446 valence electrons. The Labute approximate surface area is 470 Å². The summed E-state index contributed by atoms with van der Waals surface area (Å²) in [5.74, 6) is -1.98. The Kier molecular flexibility index (Phi) is 56.7. The number of rotatable bonds is 61. The van der Waals surface area contributed by atoms with Crippen molar-refractivity contribution in [3.8, 4) is 0 Å². The molecule has 1 N–H and O–H groups in total.